The molecular formula is C22H22N4O2. The van der Waals surface area contributed by atoms with Crippen molar-refractivity contribution in [3.63, 3.8) is 0 Å². The molecule has 0 bridgehead atoms. The average Bonchev–Trinajstić information content (AvgIpc) is 3.38. The minimum absolute atomic E-state index is 0.0859. The number of fused-ring (bicyclic) bond motifs is 1. The first-order valence-corrected chi connectivity index (χ1v) is 9.39. The van der Waals surface area contributed by atoms with E-state index in [0.29, 0.717) is 29.2 Å². The number of para-hydroxylation sites is 1. The van der Waals surface area contributed by atoms with Gasteiger partial charge in [-0.15, -0.1) is 0 Å². The molecule has 6 heteroatoms. The summed E-state index contributed by atoms with van der Waals surface area (Å²) >= 11 is 0. The zero-order valence-electron chi connectivity index (χ0n) is 16.2. The summed E-state index contributed by atoms with van der Waals surface area (Å²) < 4.78 is 7.37. The Labute approximate surface area is 163 Å². The topological polar surface area (TPSA) is 64.2 Å². The van der Waals surface area contributed by atoms with Crippen LogP contribution in [0.1, 0.15) is 37.2 Å². The summed E-state index contributed by atoms with van der Waals surface area (Å²) in [4.78, 5) is 20.0. The van der Waals surface area contributed by atoms with Gasteiger partial charge in [-0.2, -0.15) is 5.10 Å². The van der Waals surface area contributed by atoms with Crippen molar-refractivity contribution in [1.82, 2.24) is 14.8 Å². The Balaban J connectivity index is 1.91. The van der Waals surface area contributed by atoms with E-state index >= 15 is 0 Å². The lowest BCUT2D eigenvalue weighted by Gasteiger charge is -2.21. The first-order valence-electron chi connectivity index (χ1n) is 9.39. The fourth-order valence-corrected chi connectivity index (χ4v) is 3.32. The molecule has 28 heavy (non-hydrogen) atoms. The number of carbonyl (C=O) groups is 1. The molecule has 1 aromatic carbocycles. The highest BCUT2D eigenvalue weighted by molar-refractivity contribution is 6.13. The molecule has 0 unspecified atom stereocenters. The Morgan fingerprint density at radius 1 is 1.18 bits per heavy atom. The molecule has 0 atom stereocenters. The summed E-state index contributed by atoms with van der Waals surface area (Å²) in [6.07, 6.45) is 3.32. The Hall–Kier alpha value is -3.41. The molecule has 3 heterocycles. The third-order valence-corrected chi connectivity index (χ3v) is 4.69. The molecule has 4 aromatic rings. The third-order valence-electron chi connectivity index (χ3n) is 4.69. The van der Waals surface area contributed by atoms with Gasteiger partial charge in [0.05, 0.1) is 23.4 Å². The van der Waals surface area contributed by atoms with Crippen molar-refractivity contribution in [3.05, 3.63) is 66.6 Å². The summed E-state index contributed by atoms with van der Waals surface area (Å²) in [5.74, 6) is 0.535. The summed E-state index contributed by atoms with van der Waals surface area (Å²) in [5, 5.41) is 5.21. The second-order valence-corrected chi connectivity index (χ2v) is 6.84. The minimum Gasteiger partial charge on any atom is -0.463 e. The maximum atomic E-state index is 13.5. The number of amides is 1. The van der Waals surface area contributed by atoms with Gasteiger partial charge in [0.15, 0.2) is 11.4 Å². The number of rotatable bonds is 5. The van der Waals surface area contributed by atoms with Gasteiger partial charge in [0.2, 0.25) is 0 Å². The minimum atomic E-state index is -0.0859. The van der Waals surface area contributed by atoms with Crippen LogP contribution in [0.3, 0.4) is 0 Å². The molecule has 0 spiro atoms. The van der Waals surface area contributed by atoms with Crippen LogP contribution >= 0.6 is 0 Å². The lowest BCUT2D eigenvalue weighted by atomic mass is 10.1. The summed E-state index contributed by atoms with van der Waals surface area (Å²) in [6.45, 7) is 6.60. The number of carbonyl (C=O) groups excluding carboxylic acids is 1. The fourth-order valence-electron chi connectivity index (χ4n) is 3.32. The van der Waals surface area contributed by atoms with Crippen LogP contribution in [0, 0.1) is 0 Å². The molecule has 3 aromatic heterocycles. The van der Waals surface area contributed by atoms with Gasteiger partial charge in [0.25, 0.3) is 5.91 Å². The summed E-state index contributed by atoms with van der Waals surface area (Å²) in [7, 11) is 0. The van der Waals surface area contributed by atoms with Crippen molar-refractivity contribution in [3.8, 4) is 11.5 Å². The Morgan fingerprint density at radius 2 is 1.96 bits per heavy atom. The van der Waals surface area contributed by atoms with Crippen molar-refractivity contribution in [1.29, 1.82) is 0 Å². The zero-order chi connectivity index (χ0) is 19.7. The number of aromatic nitrogens is 3. The van der Waals surface area contributed by atoms with Crippen LogP contribution in [0.15, 0.2) is 65.4 Å². The first-order chi connectivity index (χ1) is 13.6. The second-order valence-electron chi connectivity index (χ2n) is 6.84. The van der Waals surface area contributed by atoms with Crippen LogP contribution in [0.4, 0.5) is 5.69 Å². The highest BCUT2D eigenvalue weighted by Gasteiger charge is 2.23. The molecule has 0 N–H and O–H groups in total. The quantitative estimate of drug-likeness (QED) is 0.496. The maximum Gasteiger partial charge on any atom is 0.259 e. The molecule has 1 amide bonds. The second kappa shape index (κ2) is 7.31. The maximum absolute atomic E-state index is 13.5. The van der Waals surface area contributed by atoms with E-state index in [1.54, 1.807) is 23.4 Å². The standard InChI is InChI=1S/C22H22N4O2/c1-4-25(16-9-6-5-7-10-16)22(27)17-13-19(20-11-8-12-28-20)24-21-18(17)14-23-26(21)15(2)3/h5-15H,4H2,1-3H3. The number of nitrogens with zero attached hydrogens (tertiary/aromatic N) is 4. The lowest BCUT2D eigenvalue weighted by Crippen LogP contribution is -2.30. The third kappa shape index (κ3) is 3.07. The largest absolute Gasteiger partial charge is 0.463 e. The highest BCUT2D eigenvalue weighted by Crippen LogP contribution is 2.28. The van der Waals surface area contributed by atoms with Gasteiger partial charge in [0, 0.05) is 18.3 Å². The van der Waals surface area contributed by atoms with E-state index < -0.39 is 0 Å². The molecule has 0 saturated carbocycles. The zero-order valence-corrected chi connectivity index (χ0v) is 16.2. The number of hydrogen-bond acceptors (Lipinski definition) is 4. The molecule has 0 aliphatic rings. The van der Waals surface area contributed by atoms with E-state index in [1.165, 1.54) is 0 Å². The Morgan fingerprint density at radius 3 is 2.61 bits per heavy atom. The fraction of sp³-hybridized carbons (Fsp3) is 0.227. The van der Waals surface area contributed by atoms with Crippen molar-refractivity contribution < 1.29 is 9.21 Å². The highest BCUT2D eigenvalue weighted by atomic mass is 16.3. The van der Waals surface area contributed by atoms with Gasteiger partial charge in [0.1, 0.15) is 5.69 Å². The molecule has 6 nitrogen and oxygen atoms in total. The van der Waals surface area contributed by atoms with Crippen molar-refractivity contribution in [2.75, 3.05) is 11.4 Å². The molecular weight excluding hydrogens is 352 g/mol. The average molecular weight is 374 g/mol. The summed E-state index contributed by atoms with van der Waals surface area (Å²) in [6, 6.07) is 15.2. The SMILES string of the molecule is CCN(C(=O)c1cc(-c2ccco2)nc2c1cnn2C(C)C)c1ccccc1. The van der Waals surface area contributed by atoms with Gasteiger partial charge >= 0.3 is 0 Å². The molecule has 0 aliphatic heterocycles. The summed E-state index contributed by atoms with van der Waals surface area (Å²) in [5.41, 5.74) is 2.72. The first kappa shape index (κ1) is 18.0. The predicted molar refractivity (Wildman–Crippen MR) is 109 cm³/mol. The molecule has 0 aliphatic carbocycles. The smallest absolute Gasteiger partial charge is 0.259 e. The van der Waals surface area contributed by atoms with E-state index in [2.05, 4.69) is 5.10 Å². The van der Waals surface area contributed by atoms with Crippen molar-refractivity contribution in [2.24, 2.45) is 0 Å². The Kier molecular flexibility index (Phi) is 4.69. The molecule has 0 fully saturated rings. The molecule has 0 radical (unpaired) electrons. The monoisotopic (exact) mass is 374 g/mol. The number of benzene rings is 1. The predicted octanol–water partition coefficient (Wildman–Crippen LogP) is 4.94. The number of hydrogen-bond donors (Lipinski definition) is 0. The molecule has 4 rings (SSSR count). The van der Waals surface area contributed by atoms with E-state index in [1.807, 2.05) is 67.9 Å². The van der Waals surface area contributed by atoms with Crippen LogP contribution in [0.25, 0.3) is 22.5 Å². The van der Waals surface area contributed by atoms with Crippen LogP contribution in [0.5, 0.6) is 0 Å². The number of furan rings is 1. The van der Waals surface area contributed by atoms with Gasteiger partial charge in [-0.3, -0.25) is 4.79 Å². The van der Waals surface area contributed by atoms with E-state index in [0.717, 1.165) is 11.1 Å². The van der Waals surface area contributed by atoms with E-state index in [9.17, 15) is 4.79 Å². The Bertz CT molecular complexity index is 1100. The molecule has 142 valence electrons. The van der Waals surface area contributed by atoms with Crippen LogP contribution in [-0.2, 0) is 0 Å². The van der Waals surface area contributed by atoms with Crippen molar-refractivity contribution >= 4 is 22.6 Å². The van der Waals surface area contributed by atoms with Crippen LogP contribution in [0.2, 0.25) is 0 Å². The number of anilines is 1. The van der Waals surface area contributed by atoms with E-state index in [4.69, 9.17) is 9.40 Å². The van der Waals surface area contributed by atoms with Gasteiger partial charge in [-0.1, -0.05) is 18.2 Å². The normalized spacial score (nSPS) is 11.3. The van der Waals surface area contributed by atoms with Gasteiger partial charge < -0.3 is 9.32 Å². The van der Waals surface area contributed by atoms with Crippen LogP contribution in [-0.4, -0.2) is 27.2 Å². The van der Waals surface area contributed by atoms with Gasteiger partial charge in [-0.25, -0.2) is 9.67 Å². The van der Waals surface area contributed by atoms with Gasteiger partial charge in [-0.05, 0) is 51.1 Å². The van der Waals surface area contributed by atoms with Crippen LogP contribution < -0.4 is 4.90 Å². The number of pyridine rings is 1. The molecule has 0 saturated heterocycles. The van der Waals surface area contributed by atoms with E-state index in [-0.39, 0.29) is 11.9 Å². The van der Waals surface area contributed by atoms with Crippen molar-refractivity contribution in [2.45, 2.75) is 26.8 Å². The lowest BCUT2D eigenvalue weighted by molar-refractivity contribution is 0.0990.